The van der Waals surface area contributed by atoms with E-state index in [9.17, 15) is 0 Å². The molecule has 1 fully saturated rings. The molecule has 8 bridgehead atoms. The summed E-state index contributed by atoms with van der Waals surface area (Å²) in [5.74, 6) is 2.39. The Kier molecular flexibility index (Phi) is 7.23. The van der Waals surface area contributed by atoms with E-state index in [1.54, 1.807) is 5.57 Å². The highest BCUT2D eigenvalue weighted by Crippen LogP contribution is 2.36. The van der Waals surface area contributed by atoms with Crippen LogP contribution < -0.4 is 0 Å². The van der Waals surface area contributed by atoms with Gasteiger partial charge in [0.2, 0.25) is 0 Å². The van der Waals surface area contributed by atoms with Crippen molar-refractivity contribution in [2.75, 3.05) is 0 Å². The Morgan fingerprint density at radius 2 is 0.692 bits per heavy atom. The van der Waals surface area contributed by atoms with Gasteiger partial charge in [0.25, 0.3) is 0 Å². The van der Waals surface area contributed by atoms with Crippen LogP contribution in [0.25, 0.3) is 95.8 Å². The molecule has 5 aromatic carbocycles. The molecular weight excluding hydrogens is 641 g/mol. The standard InChI is InChI=1S/C32H18N8.C12H14/c1-2-10-18-17(9-1)25-33-26(18)38-28-21-13-5-6-14-22(21)30(35-28)40-32-24-16-8-7-15-23(24)31(36-32)39-29-20-12-4-3-11-19(20)27(34-29)37-25;1-2-6-11(7-3-1)10-12-8-4-5-9-12/h1-16H,(H2,33,34,35,36,37,38,39,40);1-3,6-7,10H,4-5,8-9H2. The van der Waals surface area contributed by atoms with Crippen LogP contribution in [-0.4, -0.2) is 39.9 Å². The van der Waals surface area contributed by atoms with Crippen molar-refractivity contribution in [3.05, 3.63) is 139 Å². The van der Waals surface area contributed by atoms with Gasteiger partial charge < -0.3 is 9.97 Å². The zero-order valence-electron chi connectivity index (χ0n) is 28.2. The first-order valence-corrected chi connectivity index (χ1v) is 17.7. The average Bonchev–Trinajstić information content (AvgIpc) is 4.03. The molecule has 8 nitrogen and oxygen atoms in total. The smallest absolute Gasteiger partial charge is 0.164 e. The Bertz CT molecular complexity index is 2540. The summed E-state index contributed by atoms with van der Waals surface area (Å²) in [5.41, 5.74) is 9.43. The quantitative estimate of drug-likeness (QED) is 0.180. The van der Waals surface area contributed by atoms with E-state index in [-0.39, 0.29) is 0 Å². The Hall–Kier alpha value is -6.80. The Morgan fingerprint density at radius 1 is 0.365 bits per heavy atom. The topological polar surface area (TPSA) is 109 Å². The molecule has 1 saturated carbocycles. The molecule has 2 aliphatic heterocycles. The lowest BCUT2D eigenvalue weighted by Crippen LogP contribution is -1.82. The van der Waals surface area contributed by atoms with E-state index in [1.807, 2.05) is 97.1 Å². The predicted molar refractivity (Wildman–Crippen MR) is 209 cm³/mol. The number of hydrogen-bond acceptors (Lipinski definition) is 6. The summed E-state index contributed by atoms with van der Waals surface area (Å²) >= 11 is 0. The molecule has 1 aliphatic carbocycles. The molecule has 3 aliphatic rings. The first-order chi connectivity index (χ1) is 25.7. The normalized spacial score (nSPS) is 13.0. The molecule has 0 spiro atoms. The molecule has 0 radical (unpaired) electrons. The molecule has 8 heteroatoms. The lowest BCUT2D eigenvalue weighted by Gasteiger charge is -1.96. The molecule has 52 heavy (non-hydrogen) atoms. The largest absolute Gasteiger partial charge is 0.324 e. The fourth-order valence-corrected chi connectivity index (χ4v) is 7.35. The van der Waals surface area contributed by atoms with Gasteiger partial charge in [-0.05, 0) is 31.2 Å². The zero-order chi connectivity index (χ0) is 34.4. The van der Waals surface area contributed by atoms with Crippen LogP contribution in [0.2, 0.25) is 0 Å². The second kappa shape index (κ2) is 12.5. The second-order valence-electron chi connectivity index (χ2n) is 13.2. The van der Waals surface area contributed by atoms with Crippen LogP contribution in [0.1, 0.15) is 31.2 Å². The van der Waals surface area contributed by atoms with Gasteiger partial charge in [-0.2, -0.15) is 0 Å². The van der Waals surface area contributed by atoms with E-state index in [0.29, 0.717) is 45.9 Å². The predicted octanol–water partition coefficient (Wildman–Crippen LogP) is 10.5. The van der Waals surface area contributed by atoms with Crippen molar-refractivity contribution in [1.82, 2.24) is 39.9 Å². The van der Waals surface area contributed by atoms with Crippen LogP contribution in [0, 0.1) is 0 Å². The molecule has 248 valence electrons. The van der Waals surface area contributed by atoms with Crippen LogP contribution >= 0.6 is 0 Å². The van der Waals surface area contributed by atoms with Crippen molar-refractivity contribution in [2.24, 2.45) is 0 Å². The van der Waals surface area contributed by atoms with Gasteiger partial charge in [-0.25, -0.2) is 29.9 Å². The third-order valence-corrected chi connectivity index (χ3v) is 9.88. The summed E-state index contributed by atoms with van der Waals surface area (Å²) in [6.45, 7) is 0. The second-order valence-corrected chi connectivity index (χ2v) is 13.2. The maximum Gasteiger partial charge on any atom is 0.164 e. The first kappa shape index (κ1) is 30.1. The lowest BCUT2D eigenvalue weighted by atomic mass is 10.1. The van der Waals surface area contributed by atoms with Crippen LogP contribution in [0.15, 0.2) is 133 Å². The molecular formula is C44H32N8. The Labute approximate surface area is 299 Å². The molecule has 3 aromatic heterocycles. The molecule has 0 amide bonds. The minimum absolute atomic E-state index is 0.597. The molecule has 2 N–H and O–H groups in total. The van der Waals surface area contributed by atoms with Crippen molar-refractivity contribution >= 4 is 50.2 Å². The average molecular weight is 673 g/mol. The number of allylic oxidation sites excluding steroid dienone is 1. The molecule has 0 unspecified atom stereocenters. The van der Waals surface area contributed by atoms with Gasteiger partial charge in [0.1, 0.15) is 22.6 Å². The maximum absolute atomic E-state index is 5.02. The highest BCUT2D eigenvalue weighted by molar-refractivity contribution is 6.06. The Balaban J connectivity index is 0.000000240. The van der Waals surface area contributed by atoms with Gasteiger partial charge in [0.15, 0.2) is 23.3 Å². The summed E-state index contributed by atoms with van der Waals surface area (Å²) in [6, 6.07) is 42.8. The van der Waals surface area contributed by atoms with Crippen molar-refractivity contribution < 1.29 is 0 Å². The van der Waals surface area contributed by atoms with Crippen molar-refractivity contribution in [3.8, 4) is 45.6 Å². The molecule has 0 saturated heterocycles. The van der Waals surface area contributed by atoms with Crippen LogP contribution in [-0.2, 0) is 0 Å². The molecule has 5 heterocycles. The van der Waals surface area contributed by atoms with Crippen LogP contribution in [0.3, 0.4) is 0 Å². The molecule has 8 aromatic rings. The summed E-state index contributed by atoms with van der Waals surface area (Å²) in [4.78, 5) is 36.8. The molecule has 0 atom stereocenters. The number of nitrogens with one attached hydrogen (secondary N) is 2. The van der Waals surface area contributed by atoms with Crippen LogP contribution in [0.5, 0.6) is 0 Å². The van der Waals surface area contributed by atoms with Crippen molar-refractivity contribution in [2.45, 2.75) is 25.7 Å². The van der Waals surface area contributed by atoms with E-state index in [2.05, 4.69) is 46.4 Å². The monoisotopic (exact) mass is 672 g/mol. The molecule has 11 rings (SSSR count). The summed E-state index contributed by atoms with van der Waals surface area (Å²) in [6.07, 6.45) is 7.74. The highest BCUT2D eigenvalue weighted by atomic mass is 15.1. The number of fused-ring (bicyclic) bond motifs is 20. The van der Waals surface area contributed by atoms with Gasteiger partial charge in [-0.1, -0.05) is 139 Å². The highest BCUT2D eigenvalue weighted by Gasteiger charge is 2.21. The number of hydrogen-bond donors (Lipinski definition) is 2. The number of nitrogens with zero attached hydrogens (tertiary/aromatic N) is 6. The maximum atomic E-state index is 5.02. The van der Waals surface area contributed by atoms with Gasteiger partial charge in [0.05, 0.1) is 0 Å². The van der Waals surface area contributed by atoms with Crippen molar-refractivity contribution in [1.29, 1.82) is 0 Å². The lowest BCUT2D eigenvalue weighted by molar-refractivity contribution is 0.886. The fraction of sp³-hybridized carbons (Fsp3) is 0.0909. The van der Waals surface area contributed by atoms with E-state index < -0.39 is 0 Å². The summed E-state index contributed by atoms with van der Waals surface area (Å²) in [7, 11) is 0. The Morgan fingerprint density at radius 3 is 1.06 bits per heavy atom. The van der Waals surface area contributed by atoms with Crippen LogP contribution in [0.4, 0.5) is 0 Å². The minimum Gasteiger partial charge on any atom is -0.324 e. The fourth-order valence-electron chi connectivity index (χ4n) is 7.35. The van der Waals surface area contributed by atoms with Gasteiger partial charge in [-0.3, -0.25) is 0 Å². The van der Waals surface area contributed by atoms with E-state index in [1.165, 1.54) is 31.2 Å². The number of aromatic nitrogens is 8. The van der Waals surface area contributed by atoms with Gasteiger partial charge >= 0.3 is 0 Å². The SMILES string of the molecule is C(=C1CCCC1)c1ccccc1.c1ccc2c(c1)-c1nc-2nc2[nH]c(nc3nc(nc4[nH]c(n1)c1ccccc41)-c1ccccc1-3)c1ccccc21. The third-order valence-electron chi connectivity index (χ3n) is 9.88. The summed E-state index contributed by atoms with van der Waals surface area (Å²) in [5, 5.41) is 3.82. The number of rotatable bonds is 1. The van der Waals surface area contributed by atoms with Crippen molar-refractivity contribution in [3.63, 3.8) is 0 Å². The minimum atomic E-state index is 0.597. The summed E-state index contributed by atoms with van der Waals surface area (Å²) < 4.78 is 0. The van der Waals surface area contributed by atoms with E-state index in [0.717, 1.165) is 43.8 Å². The number of H-pyrrole nitrogens is 2. The van der Waals surface area contributed by atoms with E-state index in [4.69, 9.17) is 29.9 Å². The number of benzene rings is 5. The third kappa shape index (κ3) is 5.32. The first-order valence-electron chi connectivity index (χ1n) is 17.7. The van der Waals surface area contributed by atoms with E-state index >= 15 is 0 Å². The van der Waals surface area contributed by atoms with Gasteiger partial charge in [-0.15, -0.1) is 0 Å². The number of aromatic amines is 2. The van der Waals surface area contributed by atoms with Gasteiger partial charge in [0, 0.05) is 43.8 Å². The zero-order valence-corrected chi connectivity index (χ0v) is 28.2.